The van der Waals surface area contributed by atoms with Crippen LogP contribution in [0.2, 0.25) is 5.02 Å². The molecule has 8 heteroatoms. The summed E-state index contributed by atoms with van der Waals surface area (Å²) in [5, 5.41) is 10.9. The number of hydrogen-bond acceptors (Lipinski definition) is 3. The number of hydrogen-bond donors (Lipinski definition) is 2. The van der Waals surface area contributed by atoms with Crippen LogP contribution in [0.3, 0.4) is 0 Å². The van der Waals surface area contributed by atoms with E-state index in [1.807, 2.05) is 42.5 Å². The molecule has 6 nitrogen and oxygen atoms in total. The number of nitrogens with two attached hydrogens (primary N) is 2. The molecule has 0 aliphatic rings. The summed E-state index contributed by atoms with van der Waals surface area (Å²) in [7, 11) is 0. The number of nitrogens with zero attached hydrogens (tertiary/aromatic N) is 3. The summed E-state index contributed by atoms with van der Waals surface area (Å²) in [5.41, 5.74) is 12.6. The second-order valence-electron chi connectivity index (χ2n) is 6.25. The van der Waals surface area contributed by atoms with E-state index in [1.54, 1.807) is 29.0 Å². The molecule has 0 radical (unpaired) electrons. The monoisotopic (exact) mass is 424 g/mol. The first-order valence-electron chi connectivity index (χ1n) is 8.49. The lowest BCUT2D eigenvalue weighted by Crippen LogP contribution is -3.00. The standard InChI is InChI=1S/C21H16ClN5O.ClH/c22-17-7-8-19-18(10-17)16(11-25-26-21(23)24)12-27(19)20(28)15-6-5-13-3-1-2-4-14(13)9-15;/h1-12H,(H4,23,24,26);1H/p-1/b25-11+;. The molecule has 4 N–H and O–H groups in total. The third kappa shape index (κ3) is 4.08. The van der Waals surface area contributed by atoms with Gasteiger partial charge in [-0.2, -0.15) is 5.10 Å². The van der Waals surface area contributed by atoms with E-state index in [9.17, 15) is 4.79 Å². The second kappa shape index (κ2) is 8.34. The number of rotatable bonds is 3. The average molecular weight is 425 g/mol. The zero-order valence-electron chi connectivity index (χ0n) is 15.1. The molecule has 0 fully saturated rings. The molecule has 29 heavy (non-hydrogen) atoms. The fraction of sp³-hybridized carbons (Fsp3) is 0. The van der Waals surface area contributed by atoms with Crippen LogP contribution >= 0.6 is 11.6 Å². The third-order valence-corrected chi connectivity index (χ3v) is 4.62. The number of aromatic nitrogens is 1. The maximum atomic E-state index is 13.2. The minimum atomic E-state index is -0.153. The molecule has 0 aliphatic carbocycles. The number of guanidine groups is 1. The summed E-state index contributed by atoms with van der Waals surface area (Å²) in [6.07, 6.45) is 3.19. The zero-order chi connectivity index (χ0) is 19.7. The highest BCUT2D eigenvalue weighted by molar-refractivity contribution is 6.31. The molecule has 0 atom stereocenters. The van der Waals surface area contributed by atoms with Crippen LogP contribution in [0.1, 0.15) is 15.9 Å². The van der Waals surface area contributed by atoms with Crippen LogP contribution in [0.25, 0.3) is 21.7 Å². The van der Waals surface area contributed by atoms with Crippen molar-refractivity contribution in [3.05, 3.63) is 83.0 Å². The van der Waals surface area contributed by atoms with Crippen LogP contribution in [-0.4, -0.2) is 22.6 Å². The zero-order valence-corrected chi connectivity index (χ0v) is 16.6. The van der Waals surface area contributed by atoms with Gasteiger partial charge in [-0.15, -0.1) is 5.10 Å². The Morgan fingerprint density at radius 2 is 1.76 bits per heavy atom. The van der Waals surface area contributed by atoms with Crippen LogP contribution in [-0.2, 0) is 0 Å². The first-order valence-corrected chi connectivity index (χ1v) is 8.87. The van der Waals surface area contributed by atoms with Gasteiger partial charge in [-0.1, -0.05) is 41.9 Å². The Balaban J connectivity index is 0.00000240. The molecule has 1 heterocycles. The van der Waals surface area contributed by atoms with Gasteiger partial charge in [0.2, 0.25) is 5.96 Å². The largest absolute Gasteiger partial charge is 1.00 e. The Morgan fingerprint density at radius 3 is 2.52 bits per heavy atom. The molecule has 0 spiro atoms. The van der Waals surface area contributed by atoms with Crippen molar-refractivity contribution in [1.29, 1.82) is 0 Å². The van der Waals surface area contributed by atoms with Crippen LogP contribution in [0.15, 0.2) is 77.1 Å². The van der Waals surface area contributed by atoms with Gasteiger partial charge >= 0.3 is 0 Å². The van der Waals surface area contributed by atoms with Gasteiger partial charge in [0.25, 0.3) is 5.91 Å². The maximum absolute atomic E-state index is 13.2. The second-order valence-corrected chi connectivity index (χ2v) is 6.69. The number of carbonyl (C=O) groups is 1. The Labute approximate surface area is 177 Å². The van der Waals surface area contributed by atoms with Crippen molar-refractivity contribution in [2.75, 3.05) is 0 Å². The SMILES string of the molecule is NC(N)=N/N=C/c1cn(C(=O)c2ccc3ccccc3c2)c2ccc(Cl)cc12.[Cl-]. The van der Waals surface area contributed by atoms with E-state index < -0.39 is 0 Å². The molecule has 4 aromatic rings. The van der Waals surface area contributed by atoms with E-state index in [1.165, 1.54) is 6.21 Å². The van der Waals surface area contributed by atoms with Crippen LogP contribution < -0.4 is 23.9 Å². The Bertz CT molecular complexity index is 1270. The van der Waals surface area contributed by atoms with Gasteiger partial charge in [0.15, 0.2) is 0 Å². The normalized spacial score (nSPS) is 10.9. The molecule has 0 unspecified atom stereocenters. The van der Waals surface area contributed by atoms with Crippen LogP contribution in [0.5, 0.6) is 0 Å². The number of carbonyl (C=O) groups excluding carboxylic acids is 1. The Hall–Kier alpha value is -3.35. The summed E-state index contributed by atoms with van der Waals surface area (Å²) in [6.45, 7) is 0. The van der Waals surface area contributed by atoms with E-state index in [4.69, 9.17) is 23.1 Å². The lowest BCUT2D eigenvalue weighted by Gasteiger charge is -2.06. The molecular weight excluding hydrogens is 409 g/mol. The van der Waals surface area contributed by atoms with E-state index >= 15 is 0 Å². The lowest BCUT2D eigenvalue weighted by atomic mass is 10.1. The van der Waals surface area contributed by atoms with E-state index in [-0.39, 0.29) is 24.3 Å². The third-order valence-electron chi connectivity index (χ3n) is 4.38. The molecule has 0 amide bonds. The highest BCUT2D eigenvalue weighted by atomic mass is 35.5. The fourth-order valence-corrected chi connectivity index (χ4v) is 3.29. The van der Waals surface area contributed by atoms with Gasteiger partial charge in [0.05, 0.1) is 11.7 Å². The summed E-state index contributed by atoms with van der Waals surface area (Å²) in [6, 6.07) is 18.9. The quantitative estimate of drug-likeness (QED) is 0.288. The first-order chi connectivity index (χ1) is 13.5. The molecule has 3 aromatic carbocycles. The van der Waals surface area contributed by atoms with Crippen molar-refractivity contribution in [2.45, 2.75) is 0 Å². The van der Waals surface area contributed by atoms with Crippen molar-refractivity contribution >= 4 is 51.4 Å². The van der Waals surface area contributed by atoms with Gasteiger partial charge in [-0.3, -0.25) is 9.36 Å². The molecule has 4 rings (SSSR count). The fourth-order valence-electron chi connectivity index (χ4n) is 3.12. The van der Waals surface area contributed by atoms with Gasteiger partial charge in [0.1, 0.15) is 0 Å². The van der Waals surface area contributed by atoms with Gasteiger partial charge in [-0.05, 0) is 41.1 Å². The van der Waals surface area contributed by atoms with Gasteiger partial charge in [0, 0.05) is 27.7 Å². The van der Waals surface area contributed by atoms with E-state index in [0.717, 1.165) is 16.2 Å². The summed E-state index contributed by atoms with van der Waals surface area (Å²) >= 11 is 6.14. The van der Waals surface area contributed by atoms with Crippen molar-refractivity contribution in [1.82, 2.24) is 4.57 Å². The van der Waals surface area contributed by atoms with Crippen molar-refractivity contribution in [3.8, 4) is 0 Å². The summed E-state index contributed by atoms with van der Waals surface area (Å²) in [5.74, 6) is -0.301. The highest BCUT2D eigenvalue weighted by Gasteiger charge is 2.15. The van der Waals surface area contributed by atoms with E-state index in [0.29, 0.717) is 21.7 Å². The topological polar surface area (TPSA) is 98.8 Å². The highest BCUT2D eigenvalue weighted by Crippen LogP contribution is 2.26. The van der Waals surface area contributed by atoms with Gasteiger partial charge in [-0.25, -0.2) is 0 Å². The maximum Gasteiger partial charge on any atom is 0.262 e. The molecule has 0 saturated carbocycles. The number of benzene rings is 3. The summed E-state index contributed by atoms with van der Waals surface area (Å²) < 4.78 is 1.58. The van der Waals surface area contributed by atoms with Crippen molar-refractivity contribution in [2.24, 2.45) is 21.7 Å². The van der Waals surface area contributed by atoms with Gasteiger partial charge < -0.3 is 23.9 Å². The minimum Gasteiger partial charge on any atom is -1.00 e. The van der Waals surface area contributed by atoms with Crippen molar-refractivity contribution in [3.63, 3.8) is 0 Å². The number of fused-ring (bicyclic) bond motifs is 2. The minimum absolute atomic E-state index is 0. The molecule has 0 aliphatic heterocycles. The lowest BCUT2D eigenvalue weighted by molar-refractivity contribution is -0.0000137. The predicted octanol–water partition coefficient (Wildman–Crippen LogP) is 0.748. The predicted molar refractivity (Wildman–Crippen MR) is 114 cm³/mol. The van der Waals surface area contributed by atoms with E-state index in [2.05, 4.69) is 10.2 Å². The number of halogens is 2. The average Bonchev–Trinajstić information content (AvgIpc) is 3.04. The van der Waals surface area contributed by atoms with Crippen LogP contribution in [0.4, 0.5) is 0 Å². The molecular formula is C21H16Cl2N5O-. The molecule has 1 aromatic heterocycles. The molecule has 146 valence electrons. The summed E-state index contributed by atoms with van der Waals surface area (Å²) in [4.78, 5) is 13.2. The van der Waals surface area contributed by atoms with Crippen molar-refractivity contribution < 1.29 is 17.2 Å². The van der Waals surface area contributed by atoms with Crippen LogP contribution in [0, 0.1) is 0 Å². The smallest absolute Gasteiger partial charge is 0.262 e. The Morgan fingerprint density at radius 1 is 1.00 bits per heavy atom. The molecule has 0 saturated heterocycles. The first kappa shape index (κ1) is 20.4. The molecule has 0 bridgehead atoms. The Kier molecular flexibility index (Phi) is 5.87.